The van der Waals surface area contributed by atoms with Crippen molar-refractivity contribution in [2.45, 2.75) is 13.0 Å². The lowest BCUT2D eigenvalue weighted by Crippen LogP contribution is -2.45. The highest BCUT2D eigenvalue weighted by atomic mass is 35.5. The van der Waals surface area contributed by atoms with Crippen LogP contribution in [0.1, 0.15) is 6.92 Å². The molecule has 1 aromatic heterocycles. The van der Waals surface area contributed by atoms with Gasteiger partial charge in [0.25, 0.3) is 0 Å². The molecule has 1 fully saturated rings. The molecule has 19 heavy (non-hydrogen) atoms. The summed E-state index contributed by atoms with van der Waals surface area (Å²) in [6.07, 6.45) is 1.56. The summed E-state index contributed by atoms with van der Waals surface area (Å²) >= 11 is 5.94. The molecule has 2 heterocycles. The van der Waals surface area contributed by atoms with E-state index in [1.54, 1.807) is 7.11 Å². The van der Waals surface area contributed by atoms with Gasteiger partial charge in [-0.25, -0.2) is 9.97 Å². The Morgan fingerprint density at radius 3 is 3.16 bits per heavy atom. The quantitative estimate of drug-likeness (QED) is 0.823. The first-order valence-corrected chi connectivity index (χ1v) is 6.74. The lowest BCUT2D eigenvalue weighted by molar-refractivity contribution is -0.0192. The van der Waals surface area contributed by atoms with Crippen LogP contribution in [0.25, 0.3) is 0 Å². The van der Waals surface area contributed by atoms with Crippen LogP contribution in [0.4, 0.5) is 5.82 Å². The first-order valence-electron chi connectivity index (χ1n) is 6.37. The minimum absolute atomic E-state index is 0.146. The fraction of sp³-hybridized carbons (Fsp3) is 0.667. The van der Waals surface area contributed by atoms with Gasteiger partial charge in [-0.1, -0.05) is 18.5 Å². The number of ether oxygens (including phenoxy) is 2. The lowest BCUT2D eigenvalue weighted by atomic mass is 10.2. The SMILES string of the molecule is CCN1CCOC(CNc2ncnc(Cl)c2OC)C1. The van der Waals surface area contributed by atoms with Gasteiger partial charge in [0, 0.05) is 19.6 Å². The van der Waals surface area contributed by atoms with Gasteiger partial charge in [0.1, 0.15) is 6.33 Å². The standard InChI is InChI=1S/C12H19ClN4O2/c1-3-17-4-5-19-9(7-17)6-14-12-10(18-2)11(13)15-8-16-12/h8-9H,3-7H2,1-2H3,(H,14,15,16). The van der Waals surface area contributed by atoms with Gasteiger partial charge in [0.2, 0.25) is 0 Å². The number of anilines is 1. The Kier molecular flexibility index (Phi) is 5.18. The second kappa shape index (κ2) is 6.88. The Balaban J connectivity index is 1.93. The number of hydrogen-bond acceptors (Lipinski definition) is 6. The zero-order chi connectivity index (χ0) is 13.7. The summed E-state index contributed by atoms with van der Waals surface area (Å²) in [5.74, 6) is 1.06. The molecule has 0 saturated carbocycles. The molecule has 2 rings (SSSR count). The van der Waals surface area contributed by atoms with Gasteiger partial charge in [-0.15, -0.1) is 0 Å². The number of hydrogen-bond donors (Lipinski definition) is 1. The van der Waals surface area contributed by atoms with Crippen LogP contribution in [-0.4, -0.2) is 60.9 Å². The van der Waals surface area contributed by atoms with E-state index in [0.29, 0.717) is 23.3 Å². The summed E-state index contributed by atoms with van der Waals surface area (Å²) in [4.78, 5) is 10.4. The Bertz CT molecular complexity index is 419. The van der Waals surface area contributed by atoms with Crippen molar-refractivity contribution in [1.29, 1.82) is 0 Å². The number of rotatable bonds is 5. The fourth-order valence-corrected chi connectivity index (χ4v) is 2.27. The predicted molar refractivity (Wildman–Crippen MR) is 73.9 cm³/mol. The van der Waals surface area contributed by atoms with E-state index >= 15 is 0 Å². The van der Waals surface area contributed by atoms with Gasteiger partial charge in [0.15, 0.2) is 16.7 Å². The minimum atomic E-state index is 0.146. The molecule has 0 radical (unpaired) electrons. The molecule has 1 aromatic rings. The van der Waals surface area contributed by atoms with Crippen molar-refractivity contribution >= 4 is 17.4 Å². The molecule has 1 saturated heterocycles. The molecule has 1 unspecified atom stereocenters. The summed E-state index contributed by atoms with van der Waals surface area (Å²) in [7, 11) is 1.55. The number of halogens is 1. The topological polar surface area (TPSA) is 59.5 Å². The highest BCUT2D eigenvalue weighted by Gasteiger charge is 2.20. The number of nitrogens with one attached hydrogen (secondary N) is 1. The maximum atomic E-state index is 5.94. The Labute approximate surface area is 118 Å². The highest BCUT2D eigenvalue weighted by molar-refractivity contribution is 6.31. The molecule has 0 aromatic carbocycles. The van der Waals surface area contributed by atoms with Crippen LogP contribution in [0, 0.1) is 0 Å². The van der Waals surface area contributed by atoms with E-state index < -0.39 is 0 Å². The van der Waals surface area contributed by atoms with E-state index in [1.165, 1.54) is 6.33 Å². The smallest absolute Gasteiger partial charge is 0.198 e. The zero-order valence-electron chi connectivity index (χ0n) is 11.2. The minimum Gasteiger partial charge on any atom is -0.490 e. The Morgan fingerprint density at radius 2 is 2.42 bits per heavy atom. The third-order valence-corrected chi connectivity index (χ3v) is 3.40. The Morgan fingerprint density at radius 1 is 1.58 bits per heavy atom. The third kappa shape index (κ3) is 3.68. The summed E-state index contributed by atoms with van der Waals surface area (Å²) in [6.45, 7) is 6.55. The number of morpholine rings is 1. The summed E-state index contributed by atoms with van der Waals surface area (Å²) < 4.78 is 10.9. The lowest BCUT2D eigenvalue weighted by Gasteiger charge is -2.32. The molecule has 1 N–H and O–H groups in total. The van der Waals surface area contributed by atoms with Crippen molar-refractivity contribution in [3.8, 4) is 5.75 Å². The van der Waals surface area contributed by atoms with Crippen LogP contribution < -0.4 is 10.1 Å². The van der Waals surface area contributed by atoms with Crippen LogP contribution >= 0.6 is 11.6 Å². The van der Waals surface area contributed by atoms with E-state index in [9.17, 15) is 0 Å². The van der Waals surface area contributed by atoms with Crippen LogP contribution in [0.2, 0.25) is 5.15 Å². The zero-order valence-corrected chi connectivity index (χ0v) is 12.0. The molecular formula is C12H19ClN4O2. The number of likely N-dealkylation sites (N-methyl/N-ethyl adjacent to an activating group) is 1. The van der Waals surface area contributed by atoms with Crippen molar-refractivity contribution in [3.63, 3.8) is 0 Å². The van der Waals surface area contributed by atoms with E-state index in [4.69, 9.17) is 21.1 Å². The third-order valence-electron chi connectivity index (χ3n) is 3.13. The molecule has 1 atom stereocenters. The van der Waals surface area contributed by atoms with Crippen molar-refractivity contribution in [2.75, 3.05) is 45.2 Å². The number of nitrogens with zero attached hydrogens (tertiary/aromatic N) is 3. The van der Waals surface area contributed by atoms with Gasteiger partial charge in [0.05, 0.1) is 19.8 Å². The molecule has 1 aliphatic heterocycles. The second-order valence-electron chi connectivity index (χ2n) is 4.31. The van der Waals surface area contributed by atoms with E-state index in [2.05, 4.69) is 27.1 Å². The van der Waals surface area contributed by atoms with Gasteiger partial charge >= 0.3 is 0 Å². The van der Waals surface area contributed by atoms with Crippen molar-refractivity contribution in [3.05, 3.63) is 11.5 Å². The molecule has 0 bridgehead atoms. The molecule has 6 nitrogen and oxygen atoms in total. The van der Waals surface area contributed by atoms with Crippen LogP contribution in [-0.2, 0) is 4.74 Å². The number of aromatic nitrogens is 2. The normalized spacial score (nSPS) is 20.3. The summed E-state index contributed by atoms with van der Waals surface area (Å²) in [5.41, 5.74) is 0. The average Bonchev–Trinajstić information content (AvgIpc) is 2.45. The van der Waals surface area contributed by atoms with Gasteiger partial charge < -0.3 is 14.8 Å². The van der Waals surface area contributed by atoms with E-state index in [0.717, 1.165) is 26.2 Å². The summed E-state index contributed by atoms with van der Waals surface area (Å²) in [6, 6.07) is 0. The highest BCUT2D eigenvalue weighted by Crippen LogP contribution is 2.28. The van der Waals surface area contributed by atoms with E-state index in [1.807, 2.05) is 0 Å². The molecular weight excluding hydrogens is 268 g/mol. The molecule has 0 spiro atoms. The van der Waals surface area contributed by atoms with Gasteiger partial charge in [-0.05, 0) is 6.54 Å². The number of methoxy groups -OCH3 is 1. The Hall–Kier alpha value is -1.11. The molecule has 0 aliphatic carbocycles. The first kappa shape index (κ1) is 14.3. The van der Waals surface area contributed by atoms with Crippen LogP contribution in [0.3, 0.4) is 0 Å². The van der Waals surface area contributed by atoms with Crippen molar-refractivity contribution in [2.24, 2.45) is 0 Å². The molecule has 106 valence electrons. The van der Waals surface area contributed by atoms with Gasteiger partial charge in [-0.3, -0.25) is 4.90 Å². The maximum absolute atomic E-state index is 5.94. The van der Waals surface area contributed by atoms with Crippen molar-refractivity contribution in [1.82, 2.24) is 14.9 Å². The van der Waals surface area contributed by atoms with Crippen molar-refractivity contribution < 1.29 is 9.47 Å². The second-order valence-corrected chi connectivity index (χ2v) is 4.67. The largest absolute Gasteiger partial charge is 0.490 e. The first-order chi connectivity index (χ1) is 9.24. The molecule has 7 heteroatoms. The summed E-state index contributed by atoms with van der Waals surface area (Å²) in [5, 5.41) is 3.51. The van der Waals surface area contributed by atoms with Gasteiger partial charge in [-0.2, -0.15) is 0 Å². The molecule has 0 amide bonds. The predicted octanol–water partition coefficient (Wildman–Crippen LogP) is 1.27. The monoisotopic (exact) mass is 286 g/mol. The van der Waals surface area contributed by atoms with Crippen LogP contribution in [0.5, 0.6) is 5.75 Å². The van der Waals surface area contributed by atoms with E-state index in [-0.39, 0.29) is 6.10 Å². The fourth-order valence-electron chi connectivity index (χ4n) is 2.06. The van der Waals surface area contributed by atoms with Crippen LogP contribution in [0.15, 0.2) is 6.33 Å². The average molecular weight is 287 g/mol. The molecule has 1 aliphatic rings. The maximum Gasteiger partial charge on any atom is 0.198 e.